The molecule has 1 aromatic rings. The van der Waals surface area contributed by atoms with Crippen LogP contribution in [0.4, 0.5) is 5.69 Å². The number of nitrogens with zero attached hydrogens (tertiary/aromatic N) is 2. The normalized spacial score (nSPS) is 27.2. The van der Waals surface area contributed by atoms with Crippen molar-refractivity contribution >= 4 is 23.9 Å². The van der Waals surface area contributed by atoms with Crippen molar-refractivity contribution in [3.63, 3.8) is 0 Å². The standard InChI is InChI=1S/C14H16N2O4.ClH/c17-13-2-1-11(16(19)20)7-10(13)8-12-14(18)9-3-5-15(12)6-4-9;/h1-2,7,9,12,17H,3-6,8H2;1H. The summed E-state index contributed by atoms with van der Waals surface area (Å²) in [4.78, 5) is 24.7. The quantitative estimate of drug-likeness (QED) is 0.681. The Balaban J connectivity index is 0.00000161. The molecule has 3 saturated heterocycles. The van der Waals surface area contributed by atoms with E-state index >= 15 is 0 Å². The van der Waals surface area contributed by atoms with Crippen molar-refractivity contribution in [1.82, 2.24) is 4.90 Å². The minimum atomic E-state index is -0.488. The maximum Gasteiger partial charge on any atom is 0.269 e. The van der Waals surface area contributed by atoms with E-state index in [0.717, 1.165) is 25.9 Å². The van der Waals surface area contributed by atoms with Crippen LogP contribution in [0.5, 0.6) is 5.75 Å². The highest BCUT2D eigenvalue weighted by Gasteiger charge is 2.41. The zero-order valence-electron chi connectivity index (χ0n) is 11.4. The second-order valence-corrected chi connectivity index (χ2v) is 5.50. The van der Waals surface area contributed by atoms with Crippen molar-refractivity contribution in [2.24, 2.45) is 5.92 Å². The maximum absolute atomic E-state index is 12.3. The Labute approximate surface area is 128 Å². The summed E-state index contributed by atoms with van der Waals surface area (Å²) in [7, 11) is 0. The number of hydrogen-bond acceptors (Lipinski definition) is 5. The van der Waals surface area contributed by atoms with E-state index in [1.165, 1.54) is 18.2 Å². The van der Waals surface area contributed by atoms with Crippen LogP contribution >= 0.6 is 12.4 Å². The van der Waals surface area contributed by atoms with Crippen molar-refractivity contribution in [1.29, 1.82) is 0 Å². The Morgan fingerprint density at radius 2 is 2.00 bits per heavy atom. The number of hydrogen-bond donors (Lipinski definition) is 1. The van der Waals surface area contributed by atoms with E-state index in [1.807, 2.05) is 0 Å². The number of piperidine rings is 3. The molecule has 1 atom stereocenters. The fraction of sp³-hybridized carbons (Fsp3) is 0.500. The average molecular weight is 313 g/mol. The summed E-state index contributed by atoms with van der Waals surface area (Å²) in [6.45, 7) is 1.80. The number of nitro benzene ring substituents is 1. The van der Waals surface area contributed by atoms with Crippen LogP contribution in [-0.4, -0.2) is 39.8 Å². The molecule has 21 heavy (non-hydrogen) atoms. The molecule has 6 nitrogen and oxygen atoms in total. The molecule has 0 saturated carbocycles. The number of phenols is 1. The van der Waals surface area contributed by atoms with Crippen molar-refractivity contribution in [3.8, 4) is 5.75 Å². The molecule has 3 aliphatic heterocycles. The number of ketones is 1. The van der Waals surface area contributed by atoms with Gasteiger partial charge in [0.05, 0.1) is 11.0 Å². The van der Waals surface area contributed by atoms with Crippen molar-refractivity contribution in [3.05, 3.63) is 33.9 Å². The first-order valence-corrected chi connectivity index (χ1v) is 6.80. The summed E-state index contributed by atoms with van der Waals surface area (Å²) < 4.78 is 0. The minimum absolute atomic E-state index is 0. The monoisotopic (exact) mass is 312 g/mol. The maximum atomic E-state index is 12.3. The van der Waals surface area contributed by atoms with E-state index in [4.69, 9.17) is 0 Å². The molecule has 0 radical (unpaired) electrons. The SMILES string of the molecule is Cl.O=C1C2CCN(CC2)C1Cc1cc([N+](=O)[O-])ccc1O. The minimum Gasteiger partial charge on any atom is -0.508 e. The van der Waals surface area contributed by atoms with Crippen LogP contribution in [0.15, 0.2) is 18.2 Å². The first kappa shape index (κ1) is 15.7. The van der Waals surface area contributed by atoms with E-state index < -0.39 is 4.92 Å². The molecule has 7 heteroatoms. The molecule has 1 unspecified atom stereocenters. The van der Waals surface area contributed by atoms with Crippen LogP contribution < -0.4 is 0 Å². The number of Topliss-reactive ketones (excluding diaryl/α,β-unsaturated/α-hetero) is 1. The molecular formula is C14H17ClN2O4. The lowest BCUT2D eigenvalue weighted by molar-refractivity contribution is -0.384. The van der Waals surface area contributed by atoms with Gasteiger partial charge < -0.3 is 5.11 Å². The number of rotatable bonds is 3. The number of carbonyl (C=O) groups is 1. The molecule has 0 aromatic heterocycles. The van der Waals surface area contributed by atoms with Gasteiger partial charge in [-0.25, -0.2) is 0 Å². The summed E-state index contributed by atoms with van der Waals surface area (Å²) >= 11 is 0. The van der Waals surface area contributed by atoms with Gasteiger partial charge in [-0.2, -0.15) is 0 Å². The fourth-order valence-corrected chi connectivity index (χ4v) is 3.23. The van der Waals surface area contributed by atoms with Crippen molar-refractivity contribution in [2.45, 2.75) is 25.3 Å². The highest BCUT2D eigenvalue weighted by molar-refractivity contribution is 5.88. The zero-order valence-corrected chi connectivity index (χ0v) is 12.2. The van der Waals surface area contributed by atoms with Gasteiger partial charge in [0.25, 0.3) is 5.69 Å². The zero-order chi connectivity index (χ0) is 14.3. The Morgan fingerprint density at radius 1 is 1.33 bits per heavy atom. The fourth-order valence-electron chi connectivity index (χ4n) is 3.23. The van der Waals surface area contributed by atoms with E-state index in [9.17, 15) is 20.0 Å². The van der Waals surface area contributed by atoms with E-state index in [1.54, 1.807) is 0 Å². The molecule has 0 spiro atoms. The van der Waals surface area contributed by atoms with Gasteiger partial charge in [0.1, 0.15) is 5.75 Å². The van der Waals surface area contributed by atoms with E-state index in [2.05, 4.69) is 4.90 Å². The van der Waals surface area contributed by atoms with Crippen LogP contribution in [0.25, 0.3) is 0 Å². The van der Waals surface area contributed by atoms with Crippen LogP contribution in [0.1, 0.15) is 18.4 Å². The second kappa shape index (κ2) is 5.99. The molecule has 1 aromatic carbocycles. The molecule has 4 rings (SSSR count). The number of fused-ring (bicyclic) bond motifs is 3. The molecule has 3 aliphatic rings. The largest absolute Gasteiger partial charge is 0.508 e. The second-order valence-electron chi connectivity index (χ2n) is 5.50. The van der Waals surface area contributed by atoms with Gasteiger partial charge in [0.2, 0.25) is 0 Å². The van der Waals surface area contributed by atoms with Gasteiger partial charge in [0, 0.05) is 23.6 Å². The van der Waals surface area contributed by atoms with Gasteiger partial charge in [0.15, 0.2) is 5.78 Å². The topological polar surface area (TPSA) is 83.7 Å². The Hall–Kier alpha value is -1.66. The number of phenolic OH excluding ortho intramolecular Hbond substituents is 1. The number of benzene rings is 1. The number of nitro groups is 1. The highest BCUT2D eigenvalue weighted by atomic mass is 35.5. The number of carbonyl (C=O) groups excluding carboxylic acids is 1. The molecule has 1 N–H and O–H groups in total. The predicted octanol–water partition coefficient (Wildman–Crippen LogP) is 1.93. The third-order valence-corrected chi connectivity index (χ3v) is 4.39. The molecule has 0 aliphatic carbocycles. The number of halogens is 1. The Bertz CT molecular complexity index is 570. The molecule has 3 fully saturated rings. The first-order valence-electron chi connectivity index (χ1n) is 6.80. The van der Waals surface area contributed by atoms with Crippen molar-refractivity contribution in [2.75, 3.05) is 13.1 Å². The van der Waals surface area contributed by atoms with Crippen molar-refractivity contribution < 1.29 is 14.8 Å². The molecule has 3 heterocycles. The lowest BCUT2D eigenvalue weighted by atomic mass is 9.80. The number of non-ortho nitro benzene ring substituents is 1. The predicted molar refractivity (Wildman–Crippen MR) is 78.8 cm³/mol. The van der Waals surface area contributed by atoms with E-state index in [0.29, 0.717) is 12.0 Å². The Kier molecular flexibility index (Phi) is 4.49. The highest BCUT2D eigenvalue weighted by Crippen LogP contribution is 2.33. The average Bonchev–Trinajstić information content (AvgIpc) is 2.45. The van der Waals surface area contributed by atoms with Gasteiger partial charge in [-0.05, 0) is 38.4 Å². The van der Waals surface area contributed by atoms with Gasteiger partial charge in [-0.1, -0.05) is 0 Å². The van der Waals surface area contributed by atoms with E-state index in [-0.39, 0.29) is 41.6 Å². The summed E-state index contributed by atoms with van der Waals surface area (Å²) in [5.41, 5.74) is 0.423. The molecule has 0 amide bonds. The third kappa shape index (κ3) is 2.87. The lowest BCUT2D eigenvalue weighted by Gasteiger charge is -2.44. The summed E-state index contributed by atoms with van der Waals surface area (Å²) in [5, 5.41) is 20.6. The first-order chi connectivity index (χ1) is 9.56. The van der Waals surface area contributed by atoms with Crippen LogP contribution in [0.3, 0.4) is 0 Å². The lowest BCUT2D eigenvalue weighted by Crippen LogP contribution is -2.56. The van der Waals surface area contributed by atoms with Crippen LogP contribution in [-0.2, 0) is 11.2 Å². The molecule has 114 valence electrons. The third-order valence-electron chi connectivity index (χ3n) is 4.39. The Morgan fingerprint density at radius 3 is 2.57 bits per heavy atom. The van der Waals surface area contributed by atoms with Crippen LogP contribution in [0, 0.1) is 16.0 Å². The summed E-state index contributed by atoms with van der Waals surface area (Å²) in [6, 6.07) is 3.73. The summed E-state index contributed by atoms with van der Waals surface area (Å²) in [5.74, 6) is 0.366. The number of aromatic hydroxyl groups is 1. The smallest absolute Gasteiger partial charge is 0.269 e. The van der Waals surface area contributed by atoms with Gasteiger partial charge >= 0.3 is 0 Å². The molecular weight excluding hydrogens is 296 g/mol. The van der Waals surface area contributed by atoms with Gasteiger partial charge in [-0.3, -0.25) is 19.8 Å². The van der Waals surface area contributed by atoms with Gasteiger partial charge in [-0.15, -0.1) is 12.4 Å². The molecule has 2 bridgehead atoms. The van der Waals surface area contributed by atoms with Crippen LogP contribution in [0.2, 0.25) is 0 Å². The summed E-state index contributed by atoms with van der Waals surface area (Å²) in [6.07, 6.45) is 2.18.